The molecule has 0 bridgehead atoms. The Hall–Kier alpha value is -1.62. The highest BCUT2D eigenvalue weighted by Crippen LogP contribution is 2.26. The molecule has 1 aromatic carbocycles. The van der Waals surface area contributed by atoms with Gasteiger partial charge in [0.2, 0.25) is 5.91 Å². The third-order valence-corrected chi connectivity index (χ3v) is 3.63. The number of halogens is 1. The molecule has 1 aliphatic heterocycles. The molecule has 0 aliphatic carbocycles. The molecule has 110 valence electrons. The molecule has 5 heteroatoms. The minimum absolute atomic E-state index is 0.0248. The van der Waals surface area contributed by atoms with E-state index in [9.17, 15) is 9.18 Å². The number of amides is 1. The maximum absolute atomic E-state index is 13.3. The molecule has 0 aromatic heterocycles. The van der Waals surface area contributed by atoms with Crippen molar-refractivity contribution >= 4 is 5.91 Å². The largest absolute Gasteiger partial charge is 0.496 e. The third kappa shape index (κ3) is 3.70. The fourth-order valence-corrected chi connectivity index (χ4v) is 2.58. The Morgan fingerprint density at radius 1 is 1.60 bits per heavy atom. The zero-order valence-corrected chi connectivity index (χ0v) is 11.9. The standard InChI is InChI=1S/C15H21FN2O2/c1-10(13-8-11(16)5-6-14(13)20-2)18-15(19)9-12-4-3-7-17-12/h5-6,8,10,12,17H,3-4,7,9H2,1-2H3,(H,18,19). The van der Waals surface area contributed by atoms with E-state index in [1.807, 2.05) is 6.92 Å². The molecule has 1 amide bonds. The normalized spacial score (nSPS) is 19.6. The third-order valence-electron chi connectivity index (χ3n) is 3.63. The summed E-state index contributed by atoms with van der Waals surface area (Å²) in [6, 6.07) is 4.30. The van der Waals surface area contributed by atoms with Gasteiger partial charge in [0.25, 0.3) is 0 Å². The molecule has 0 radical (unpaired) electrons. The first-order valence-electron chi connectivity index (χ1n) is 6.96. The summed E-state index contributed by atoms with van der Waals surface area (Å²) in [7, 11) is 1.54. The summed E-state index contributed by atoms with van der Waals surface area (Å²) in [5.41, 5.74) is 0.653. The zero-order valence-electron chi connectivity index (χ0n) is 11.9. The average molecular weight is 280 g/mol. The SMILES string of the molecule is COc1ccc(F)cc1C(C)NC(=O)CC1CCCN1. The lowest BCUT2D eigenvalue weighted by molar-refractivity contribution is -0.122. The van der Waals surface area contributed by atoms with E-state index in [4.69, 9.17) is 4.74 Å². The van der Waals surface area contributed by atoms with E-state index < -0.39 is 0 Å². The van der Waals surface area contributed by atoms with Crippen LogP contribution in [0.5, 0.6) is 5.75 Å². The average Bonchev–Trinajstić information content (AvgIpc) is 2.91. The summed E-state index contributed by atoms with van der Waals surface area (Å²) in [5.74, 6) is 0.223. The molecular formula is C15H21FN2O2. The molecule has 1 aromatic rings. The molecule has 4 nitrogen and oxygen atoms in total. The molecular weight excluding hydrogens is 259 g/mol. The highest BCUT2D eigenvalue weighted by Gasteiger charge is 2.20. The number of ether oxygens (including phenoxy) is 1. The number of nitrogens with one attached hydrogen (secondary N) is 2. The minimum atomic E-state index is -0.334. The maximum Gasteiger partial charge on any atom is 0.222 e. The summed E-state index contributed by atoms with van der Waals surface area (Å²) >= 11 is 0. The first-order chi connectivity index (χ1) is 9.60. The van der Waals surface area contributed by atoms with E-state index in [1.165, 1.54) is 19.2 Å². The lowest BCUT2D eigenvalue weighted by atomic mass is 10.1. The monoisotopic (exact) mass is 280 g/mol. The summed E-state index contributed by atoms with van der Waals surface area (Å²) in [6.45, 7) is 2.81. The van der Waals surface area contributed by atoms with Crippen LogP contribution in [-0.2, 0) is 4.79 Å². The Kier molecular flexibility index (Phi) is 4.95. The van der Waals surface area contributed by atoms with Crippen molar-refractivity contribution in [2.75, 3.05) is 13.7 Å². The number of carbonyl (C=O) groups is 1. The van der Waals surface area contributed by atoms with E-state index in [0.717, 1.165) is 19.4 Å². The highest BCUT2D eigenvalue weighted by atomic mass is 19.1. The number of methoxy groups -OCH3 is 1. The van der Waals surface area contributed by atoms with Gasteiger partial charge in [0.05, 0.1) is 13.2 Å². The molecule has 1 heterocycles. The summed E-state index contributed by atoms with van der Waals surface area (Å²) in [6.07, 6.45) is 2.61. The molecule has 2 unspecified atom stereocenters. The lowest BCUT2D eigenvalue weighted by Gasteiger charge is -2.18. The van der Waals surface area contributed by atoms with Crippen molar-refractivity contribution in [2.24, 2.45) is 0 Å². The first kappa shape index (κ1) is 14.8. The van der Waals surface area contributed by atoms with Crippen LogP contribution in [0, 0.1) is 5.82 Å². The predicted octanol–water partition coefficient (Wildman–Crippen LogP) is 2.15. The quantitative estimate of drug-likeness (QED) is 0.869. The van der Waals surface area contributed by atoms with Crippen LogP contribution in [-0.4, -0.2) is 25.6 Å². The molecule has 0 spiro atoms. The predicted molar refractivity (Wildman–Crippen MR) is 75.2 cm³/mol. The van der Waals surface area contributed by atoms with Gasteiger partial charge in [-0.1, -0.05) is 0 Å². The molecule has 1 fully saturated rings. The van der Waals surface area contributed by atoms with Gasteiger partial charge in [-0.2, -0.15) is 0 Å². The van der Waals surface area contributed by atoms with Crippen LogP contribution >= 0.6 is 0 Å². The zero-order chi connectivity index (χ0) is 14.5. The molecule has 1 saturated heterocycles. The second kappa shape index (κ2) is 6.70. The smallest absolute Gasteiger partial charge is 0.222 e. The first-order valence-corrected chi connectivity index (χ1v) is 6.96. The van der Waals surface area contributed by atoms with Crippen molar-refractivity contribution in [3.05, 3.63) is 29.6 Å². The van der Waals surface area contributed by atoms with Gasteiger partial charge in [-0.05, 0) is 44.5 Å². The number of carbonyl (C=O) groups excluding carboxylic acids is 1. The van der Waals surface area contributed by atoms with E-state index in [0.29, 0.717) is 17.7 Å². The van der Waals surface area contributed by atoms with Crippen molar-refractivity contribution in [1.82, 2.24) is 10.6 Å². The summed E-state index contributed by atoms with van der Waals surface area (Å²) in [5, 5.41) is 6.19. The molecule has 2 rings (SSSR count). The fourth-order valence-electron chi connectivity index (χ4n) is 2.58. The van der Waals surface area contributed by atoms with Gasteiger partial charge in [0.15, 0.2) is 0 Å². The molecule has 2 atom stereocenters. The minimum Gasteiger partial charge on any atom is -0.496 e. The van der Waals surface area contributed by atoms with Gasteiger partial charge in [-0.15, -0.1) is 0 Å². The number of hydrogen-bond donors (Lipinski definition) is 2. The second-order valence-corrected chi connectivity index (χ2v) is 5.17. The maximum atomic E-state index is 13.3. The van der Waals surface area contributed by atoms with Crippen molar-refractivity contribution in [3.63, 3.8) is 0 Å². The van der Waals surface area contributed by atoms with Crippen molar-refractivity contribution < 1.29 is 13.9 Å². The van der Waals surface area contributed by atoms with E-state index in [-0.39, 0.29) is 23.8 Å². The Morgan fingerprint density at radius 2 is 2.40 bits per heavy atom. The van der Waals surface area contributed by atoms with Gasteiger partial charge in [0.1, 0.15) is 11.6 Å². The van der Waals surface area contributed by atoms with E-state index in [2.05, 4.69) is 10.6 Å². The highest BCUT2D eigenvalue weighted by molar-refractivity contribution is 5.77. The van der Waals surface area contributed by atoms with Crippen LogP contribution < -0.4 is 15.4 Å². The van der Waals surface area contributed by atoms with Gasteiger partial charge >= 0.3 is 0 Å². The van der Waals surface area contributed by atoms with Crippen molar-refractivity contribution in [1.29, 1.82) is 0 Å². The van der Waals surface area contributed by atoms with Gasteiger partial charge < -0.3 is 15.4 Å². The van der Waals surface area contributed by atoms with Crippen LogP contribution in [0.1, 0.15) is 37.8 Å². The molecule has 2 N–H and O–H groups in total. The molecule has 20 heavy (non-hydrogen) atoms. The van der Waals surface area contributed by atoms with Crippen molar-refractivity contribution in [3.8, 4) is 5.75 Å². The second-order valence-electron chi connectivity index (χ2n) is 5.17. The summed E-state index contributed by atoms with van der Waals surface area (Å²) < 4.78 is 18.5. The Balaban J connectivity index is 1.98. The lowest BCUT2D eigenvalue weighted by Crippen LogP contribution is -2.33. The number of rotatable bonds is 5. The summed E-state index contributed by atoms with van der Waals surface area (Å²) in [4.78, 5) is 12.0. The Morgan fingerprint density at radius 3 is 3.05 bits per heavy atom. The van der Waals surface area contributed by atoms with Crippen LogP contribution in [0.4, 0.5) is 4.39 Å². The topological polar surface area (TPSA) is 50.4 Å². The van der Waals surface area contributed by atoms with E-state index in [1.54, 1.807) is 6.07 Å². The number of hydrogen-bond acceptors (Lipinski definition) is 3. The van der Waals surface area contributed by atoms with Crippen LogP contribution in [0.3, 0.4) is 0 Å². The van der Waals surface area contributed by atoms with Crippen LogP contribution in [0.2, 0.25) is 0 Å². The van der Waals surface area contributed by atoms with Crippen LogP contribution in [0.25, 0.3) is 0 Å². The van der Waals surface area contributed by atoms with E-state index >= 15 is 0 Å². The Labute approximate surface area is 118 Å². The molecule has 0 saturated carbocycles. The van der Waals surface area contributed by atoms with Crippen molar-refractivity contribution in [2.45, 2.75) is 38.3 Å². The van der Waals surface area contributed by atoms with Crippen LogP contribution in [0.15, 0.2) is 18.2 Å². The molecule has 1 aliphatic rings. The van der Waals surface area contributed by atoms with Gasteiger partial charge in [-0.25, -0.2) is 4.39 Å². The fraction of sp³-hybridized carbons (Fsp3) is 0.533. The van der Waals surface area contributed by atoms with Gasteiger partial charge in [0, 0.05) is 18.0 Å². The Bertz CT molecular complexity index is 473. The van der Waals surface area contributed by atoms with Gasteiger partial charge in [-0.3, -0.25) is 4.79 Å². The number of benzene rings is 1.